The number of rotatable bonds is 7. The van der Waals surface area contributed by atoms with E-state index in [0.29, 0.717) is 11.9 Å². The molecule has 10 nitrogen and oxygen atoms in total. The highest BCUT2D eigenvalue weighted by atomic mass is 16.5. The molecule has 0 saturated carbocycles. The average molecular weight is 503 g/mol. The van der Waals surface area contributed by atoms with Crippen molar-refractivity contribution in [3.05, 3.63) is 59.6 Å². The zero-order valence-electron chi connectivity index (χ0n) is 21.1. The first-order valence-electron chi connectivity index (χ1n) is 12.3. The van der Waals surface area contributed by atoms with Gasteiger partial charge in [0.05, 0.1) is 18.2 Å². The molecular weight excluding hydrogens is 472 g/mol. The summed E-state index contributed by atoms with van der Waals surface area (Å²) in [6.45, 7) is 6.43. The van der Waals surface area contributed by atoms with Gasteiger partial charge in [-0.25, -0.2) is 20.4 Å². The van der Waals surface area contributed by atoms with Crippen LogP contribution in [0.1, 0.15) is 34.5 Å². The topological polar surface area (TPSA) is 126 Å². The summed E-state index contributed by atoms with van der Waals surface area (Å²) in [4.78, 5) is 27.0. The third-order valence-corrected chi connectivity index (χ3v) is 6.80. The number of hydroxylamine groups is 1. The number of carbonyl (C=O) groups is 1. The van der Waals surface area contributed by atoms with Crippen LogP contribution < -0.4 is 20.4 Å². The number of aromatic nitrogens is 3. The molecule has 0 bridgehead atoms. The van der Waals surface area contributed by atoms with Crippen LogP contribution in [0.3, 0.4) is 0 Å². The van der Waals surface area contributed by atoms with E-state index < -0.39 is 5.91 Å². The second-order valence-electron chi connectivity index (χ2n) is 9.33. The number of nitrogens with zero attached hydrogens (tertiary/aromatic N) is 4. The van der Waals surface area contributed by atoms with Crippen LogP contribution in [0, 0.1) is 19.8 Å². The van der Waals surface area contributed by atoms with E-state index in [4.69, 9.17) is 19.3 Å². The molecule has 1 saturated heterocycles. The number of hydrogen-bond donors (Lipinski definition) is 3. The van der Waals surface area contributed by atoms with Gasteiger partial charge in [0, 0.05) is 49.2 Å². The number of carbonyl (C=O) groups excluding carboxylic acids is 1. The maximum absolute atomic E-state index is 11.5. The van der Waals surface area contributed by atoms with Gasteiger partial charge in [-0.3, -0.25) is 10.0 Å². The van der Waals surface area contributed by atoms with Crippen molar-refractivity contribution in [2.24, 2.45) is 5.92 Å². The molecule has 1 aromatic carbocycles. The number of hydrogen-bond acceptors (Lipinski definition) is 9. The van der Waals surface area contributed by atoms with E-state index in [2.05, 4.69) is 32.3 Å². The Morgan fingerprint density at radius 3 is 2.57 bits per heavy atom. The monoisotopic (exact) mass is 502 g/mol. The summed E-state index contributed by atoms with van der Waals surface area (Å²) in [6, 6.07) is 10.0. The molecule has 1 aliphatic heterocycles. The van der Waals surface area contributed by atoms with Gasteiger partial charge < -0.3 is 19.4 Å². The number of piperidine rings is 1. The molecule has 1 amide bonds. The van der Waals surface area contributed by atoms with E-state index in [1.54, 1.807) is 12.6 Å². The smallest absolute Gasteiger partial charge is 0.277 e. The molecular formula is C27H30N6O4. The molecule has 0 unspecified atom stereocenters. The maximum Gasteiger partial charge on any atom is 0.277 e. The fourth-order valence-corrected chi connectivity index (χ4v) is 4.68. The van der Waals surface area contributed by atoms with Gasteiger partial charge in [0.1, 0.15) is 17.2 Å². The van der Waals surface area contributed by atoms with Crippen LogP contribution in [0.2, 0.25) is 0 Å². The molecule has 3 N–H and O–H groups in total. The minimum absolute atomic E-state index is 0.215. The van der Waals surface area contributed by atoms with Crippen molar-refractivity contribution in [2.75, 3.05) is 37.0 Å². The molecule has 0 atom stereocenters. The molecule has 0 aliphatic carbocycles. The number of amides is 1. The van der Waals surface area contributed by atoms with Crippen molar-refractivity contribution in [3.8, 4) is 17.2 Å². The second kappa shape index (κ2) is 10.4. The fourth-order valence-electron chi connectivity index (χ4n) is 4.68. The third kappa shape index (κ3) is 5.19. The van der Waals surface area contributed by atoms with E-state index in [9.17, 15) is 4.79 Å². The normalized spacial score (nSPS) is 14.1. The standard InChI is InChI=1S/C27H30N6O4/c1-16-10-20-21(11-23(24-5-4-17(2)37-24)31-22(20)12-25(16)36-3)28-13-18-6-8-33(9-7-18)27-29-14-19(15-30-27)26(34)32-35/h4-5,10-12,14-15,18,35H,6-9,13H2,1-3H3,(H,28,31)(H,32,34). The van der Waals surface area contributed by atoms with Crippen molar-refractivity contribution in [2.45, 2.75) is 26.7 Å². The van der Waals surface area contributed by atoms with Gasteiger partial charge in [-0.1, -0.05) is 0 Å². The molecule has 5 rings (SSSR count). The lowest BCUT2D eigenvalue weighted by Gasteiger charge is -2.32. The van der Waals surface area contributed by atoms with Crippen LogP contribution >= 0.6 is 0 Å². The van der Waals surface area contributed by atoms with Gasteiger partial charge in [-0.2, -0.15) is 0 Å². The van der Waals surface area contributed by atoms with E-state index in [-0.39, 0.29) is 5.56 Å². The van der Waals surface area contributed by atoms with Gasteiger partial charge in [-0.05, 0) is 62.4 Å². The molecule has 37 heavy (non-hydrogen) atoms. The van der Waals surface area contributed by atoms with E-state index in [1.807, 2.05) is 32.0 Å². The second-order valence-corrected chi connectivity index (χ2v) is 9.33. The van der Waals surface area contributed by atoms with E-state index in [0.717, 1.165) is 77.6 Å². The zero-order chi connectivity index (χ0) is 25.9. The Morgan fingerprint density at radius 1 is 1.16 bits per heavy atom. The molecule has 0 radical (unpaired) electrons. The molecule has 4 aromatic rings. The lowest BCUT2D eigenvalue weighted by molar-refractivity contribution is 0.0705. The van der Waals surface area contributed by atoms with Gasteiger partial charge in [-0.15, -0.1) is 0 Å². The largest absolute Gasteiger partial charge is 0.496 e. The number of ether oxygens (including phenoxy) is 1. The molecule has 1 fully saturated rings. The summed E-state index contributed by atoms with van der Waals surface area (Å²) in [5, 5.41) is 13.5. The van der Waals surface area contributed by atoms with Gasteiger partial charge >= 0.3 is 0 Å². The zero-order valence-corrected chi connectivity index (χ0v) is 21.1. The summed E-state index contributed by atoms with van der Waals surface area (Å²) in [7, 11) is 1.67. The number of furan rings is 1. The molecule has 10 heteroatoms. The molecule has 4 heterocycles. The van der Waals surface area contributed by atoms with Crippen LogP contribution in [0.4, 0.5) is 11.6 Å². The predicted octanol–water partition coefficient (Wildman–Crippen LogP) is 4.36. The minimum atomic E-state index is -0.626. The number of nitrogens with one attached hydrogen (secondary N) is 2. The summed E-state index contributed by atoms with van der Waals surface area (Å²) >= 11 is 0. The summed E-state index contributed by atoms with van der Waals surface area (Å²) in [5.74, 6) is 2.82. The lowest BCUT2D eigenvalue weighted by atomic mass is 9.96. The van der Waals surface area contributed by atoms with Crippen molar-refractivity contribution in [3.63, 3.8) is 0 Å². The van der Waals surface area contributed by atoms with E-state index >= 15 is 0 Å². The maximum atomic E-state index is 11.5. The van der Waals surface area contributed by atoms with Crippen LogP contribution in [0.5, 0.6) is 5.75 Å². The fraction of sp³-hybridized carbons (Fsp3) is 0.333. The molecule has 1 aliphatic rings. The quantitative estimate of drug-likeness (QED) is 0.250. The van der Waals surface area contributed by atoms with Gasteiger partial charge in [0.25, 0.3) is 5.91 Å². The van der Waals surface area contributed by atoms with E-state index in [1.165, 1.54) is 12.4 Å². The number of fused-ring (bicyclic) bond motifs is 1. The first-order valence-corrected chi connectivity index (χ1v) is 12.3. The van der Waals surface area contributed by atoms with Crippen LogP contribution in [0.25, 0.3) is 22.4 Å². The van der Waals surface area contributed by atoms with Crippen LogP contribution in [0.15, 0.2) is 47.1 Å². The first kappa shape index (κ1) is 24.5. The number of benzene rings is 1. The van der Waals surface area contributed by atoms with Crippen molar-refractivity contribution >= 4 is 28.4 Å². The molecule has 192 valence electrons. The van der Waals surface area contributed by atoms with Crippen molar-refractivity contribution in [1.29, 1.82) is 0 Å². The number of aryl methyl sites for hydroxylation is 2. The summed E-state index contributed by atoms with van der Waals surface area (Å²) in [5.41, 5.74) is 5.50. The van der Waals surface area contributed by atoms with Crippen molar-refractivity contribution in [1.82, 2.24) is 20.4 Å². The van der Waals surface area contributed by atoms with Crippen molar-refractivity contribution < 1.29 is 19.2 Å². The number of anilines is 2. The highest BCUT2D eigenvalue weighted by Gasteiger charge is 2.22. The average Bonchev–Trinajstić information content (AvgIpc) is 3.37. The highest BCUT2D eigenvalue weighted by molar-refractivity contribution is 5.95. The Morgan fingerprint density at radius 2 is 1.92 bits per heavy atom. The van der Waals surface area contributed by atoms with Crippen LogP contribution in [-0.4, -0.2) is 52.8 Å². The van der Waals surface area contributed by atoms with Crippen LogP contribution in [-0.2, 0) is 0 Å². The Hall–Kier alpha value is -4.18. The summed E-state index contributed by atoms with van der Waals surface area (Å²) < 4.78 is 11.4. The highest BCUT2D eigenvalue weighted by Crippen LogP contribution is 2.34. The number of pyridine rings is 1. The molecule has 0 spiro atoms. The third-order valence-electron chi connectivity index (χ3n) is 6.80. The minimum Gasteiger partial charge on any atom is -0.496 e. The van der Waals surface area contributed by atoms with Gasteiger partial charge in [0.15, 0.2) is 5.76 Å². The Kier molecular flexibility index (Phi) is 6.91. The Bertz CT molecular complexity index is 1410. The predicted molar refractivity (Wildman–Crippen MR) is 140 cm³/mol. The summed E-state index contributed by atoms with van der Waals surface area (Å²) in [6.07, 6.45) is 4.81. The number of methoxy groups -OCH3 is 1. The molecule has 3 aromatic heterocycles. The van der Waals surface area contributed by atoms with Gasteiger partial charge in [0.2, 0.25) is 5.95 Å². The first-order chi connectivity index (χ1) is 17.9. The Labute approximate surface area is 214 Å². The lowest BCUT2D eigenvalue weighted by Crippen LogP contribution is -2.37. The Balaban J connectivity index is 1.30. The SMILES string of the molecule is COc1cc2nc(-c3ccc(C)o3)cc(NCC3CCN(c4ncc(C(=O)NO)cn4)CC3)c2cc1C.